The van der Waals surface area contributed by atoms with Crippen LogP contribution in [0.25, 0.3) is 0 Å². The van der Waals surface area contributed by atoms with E-state index in [-0.39, 0.29) is 17.7 Å². The molecular weight excluding hydrogens is 438 g/mol. The Bertz CT molecular complexity index is 1050. The second kappa shape index (κ2) is 8.81. The van der Waals surface area contributed by atoms with Gasteiger partial charge in [0.1, 0.15) is 5.92 Å². The summed E-state index contributed by atoms with van der Waals surface area (Å²) in [6.07, 6.45) is 18.0. The van der Waals surface area contributed by atoms with Crippen LogP contribution in [0.15, 0.2) is 59.0 Å². The highest BCUT2D eigenvalue weighted by atomic mass is 32.2. The molecule has 33 heavy (non-hydrogen) atoms. The highest BCUT2D eigenvalue weighted by Crippen LogP contribution is 2.47. The zero-order chi connectivity index (χ0) is 23.2. The molecule has 7 nitrogen and oxygen atoms in total. The maximum Gasteiger partial charge on any atom is 0.316 e. The van der Waals surface area contributed by atoms with Crippen molar-refractivity contribution in [2.24, 2.45) is 11.3 Å². The van der Waals surface area contributed by atoms with E-state index in [9.17, 15) is 18.9 Å². The molecule has 5 rings (SSSR count). The van der Waals surface area contributed by atoms with Gasteiger partial charge in [-0.2, -0.15) is 0 Å². The zero-order valence-electron chi connectivity index (χ0n) is 19.0. The van der Waals surface area contributed by atoms with E-state index in [2.05, 4.69) is 21.4 Å². The Morgan fingerprint density at radius 3 is 2.76 bits per heavy atom. The number of carbonyl (C=O) groups excluding carboxylic acids is 1. The SMILES string of the molecule is CS(=O)N1CC2=C(CCC=C2)C2(CCN(CC3=C4C=CC=CN4C(=O)C(C(=O)O)C3)CC2)C1. The number of amides is 1. The fourth-order valence-corrected chi connectivity index (χ4v) is 6.82. The molecule has 5 aliphatic rings. The summed E-state index contributed by atoms with van der Waals surface area (Å²) in [6.45, 7) is 4.12. The van der Waals surface area contributed by atoms with Gasteiger partial charge >= 0.3 is 5.97 Å². The van der Waals surface area contributed by atoms with E-state index in [1.165, 1.54) is 10.5 Å². The monoisotopic (exact) mass is 469 g/mol. The van der Waals surface area contributed by atoms with Crippen LogP contribution in [0.1, 0.15) is 32.1 Å². The molecule has 4 aliphatic heterocycles. The first kappa shape index (κ1) is 22.5. The minimum Gasteiger partial charge on any atom is -0.481 e. The molecule has 1 fully saturated rings. The van der Waals surface area contributed by atoms with Crippen LogP contribution >= 0.6 is 0 Å². The third-order valence-corrected chi connectivity index (χ3v) is 8.82. The first-order valence-corrected chi connectivity index (χ1v) is 13.2. The Hall–Kier alpha value is -2.29. The van der Waals surface area contributed by atoms with Gasteiger partial charge in [0.05, 0.1) is 11.0 Å². The number of hydrogen-bond donors (Lipinski definition) is 1. The van der Waals surface area contributed by atoms with Gasteiger partial charge in [-0.05, 0) is 68.5 Å². The number of piperidine rings is 1. The Morgan fingerprint density at radius 2 is 2.03 bits per heavy atom. The molecule has 176 valence electrons. The number of carboxylic acids is 1. The molecule has 1 amide bonds. The highest BCUT2D eigenvalue weighted by Gasteiger charge is 2.45. The molecule has 0 radical (unpaired) electrons. The first-order chi connectivity index (χ1) is 15.9. The number of aliphatic carboxylic acids is 1. The topological polar surface area (TPSA) is 81.2 Å². The van der Waals surface area contributed by atoms with Crippen LogP contribution in [0.4, 0.5) is 0 Å². The van der Waals surface area contributed by atoms with Crippen molar-refractivity contribution in [1.82, 2.24) is 14.1 Å². The van der Waals surface area contributed by atoms with Gasteiger partial charge in [0.15, 0.2) is 0 Å². The second-order valence-corrected chi connectivity index (χ2v) is 11.1. The molecule has 1 saturated heterocycles. The van der Waals surface area contributed by atoms with Crippen molar-refractivity contribution < 1.29 is 18.9 Å². The molecule has 0 bridgehead atoms. The van der Waals surface area contributed by atoms with Crippen molar-refractivity contribution >= 4 is 22.9 Å². The fourth-order valence-electron chi connectivity index (χ4n) is 6.07. The fraction of sp³-hybridized carbons (Fsp3) is 0.520. The third kappa shape index (κ3) is 4.09. The van der Waals surface area contributed by atoms with Crippen molar-refractivity contribution in [1.29, 1.82) is 0 Å². The van der Waals surface area contributed by atoms with E-state index < -0.39 is 22.9 Å². The maximum atomic E-state index is 12.6. The van der Waals surface area contributed by atoms with E-state index >= 15 is 0 Å². The number of likely N-dealkylation sites (tertiary alicyclic amines) is 1. The standard InChI is InChI=1S/C25H31N3O4S/c1-33(32)27-16-18-6-2-3-7-21(18)25(17-27)9-12-26(13-10-25)15-19-14-20(24(30)31)23(29)28-11-5-4-8-22(19)28/h2,4-6,8,11,20H,3,7,9-10,12-17H2,1H3,(H,30,31). The Kier molecular flexibility index (Phi) is 6.01. The van der Waals surface area contributed by atoms with E-state index in [0.717, 1.165) is 63.1 Å². The van der Waals surface area contributed by atoms with Gasteiger partial charge in [-0.25, -0.2) is 8.51 Å². The van der Waals surface area contributed by atoms with Gasteiger partial charge in [0, 0.05) is 43.2 Å². The van der Waals surface area contributed by atoms with Crippen molar-refractivity contribution in [2.45, 2.75) is 32.1 Å². The van der Waals surface area contributed by atoms with Gasteiger partial charge < -0.3 is 5.11 Å². The average molecular weight is 470 g/mol. The molecule has 2 atom stereocenters. The lowest BCUT2D eigenvalue weighted by atomic mass is 9.66. The number of fused-ring (bicyclic) bond motifs is 2. The van der Waals surface area contributed by atoms with Gasteiger partial charge in [-0.1, -0.05) is 23.8 Å². The average Bonchev–Trinajstić information content (AvgIpc) is 2.82. The quantitative estimate of drug-likeness (QED) is 0.640. The van der Waals surface area contributed by atoms with Crippen molar-refractivity contribution in [2.75, 3.05) is 39.0 Å². The molecule has 0 aromatic rings. The Labute approximate surface area is 197 Å². The zero-order valence-corrected chi connectivity index (χ0v) is 19.9. The molecule has 0 saturated carbocycles. The van der Waals surface area contributed by atoms with E-state index in [4.69, 9.17) is 0 Å². The van der Waals surface area contributed by atoms with Crippen LogP contribution in [0, 0.1) is 11.3 Å². The summed E-state index contributed by atoms with van der Waals surface area (Å²) >= 11 is 0. The van der Waals surface area contributed by atoms with Crippen LogP contribution in [0.2, 0.25) is 0 Å². The highest BCUT2D eigenvalue weighted by molar-refractivity contribution is 7.81. The van der Waals surface area contributed by atoms with Crippen molar-refractivity contribution in [3.05, 3.63) is 59.0 Å². The van der Waals surface area contributed by atoms with Gasteiger partial charge in [-0.15, -0.1) is 0 Å². The van der Waals surface area contributed by atoms with E-state index in [0.29, 0.717) is 6.54 Å². The Morgan fingerprint density at radius 1 is 1.24 bits per heavy atom. The van der Waals surface area contributed by atoms with Gasteiger partial charge in [0.25, 0.3) is 0 Å². The summed E-state index contributed by atoms with van der Waals surface area (Å²) in [5.74, 6) is -2.44. The van der Waals surface area contributed by atoms with Crippen LogP contribution in [0.3, 0.4) is 0 Å². The molecule has 0 aromatic carbocycles. The summed E-state index contributed by atoms with van der Waals surface area (Å²) in [4.78, 5) is 28.3. The molecule has 4 heterocycles. The van der Waals surface area contributed by atoms with Crippen molar-refractivity contribution in [3.63, 3.8) is 0 Å². The number of carbonyl (C=O) groups is 2. The summed E-state index contributed by atoms with van der Waals surface area (Å²) in [6, 6.07) is 0. The first-order valence-electron chi connectivity index (χ1n) is 11.7. The predicted molar refractivity (Wildman–Crippen MR) is 127 cm³/mol. The van der Waals surface area contributed by atoms with E-state index in [1.54, 1.807) is 24.1 Å². The summed E-state index contributed by atoms with van der Waals surface area (Å²) in [7, 11) is -0.989. The van der Waals surface area contributed by atoms with Crippen molar-refractivity contribution in [3.8, 4) is 0 Å². The maximum absolute atomic E-state index is 12.6. The number of allylic oxidation sites excluding steroid dienone is 4. The molecule has 1 aliphatic carbocycles. The third-order valence-electron chi connectivity index (χ3n) is 7.83. The number of rotatable bonds is 4. The Balaban J connectivity index is 1.35. The second-order valence-electron chi connectivity index (χ2n) is 9.72. The smallest absolute Gasteiger partial charge is 0.316 e. The van der Waals surface area contributed by atoms with Crippen LogP contribution < -0.4 is 0 Å². The molecule has 1 N–H and O–H groups in total. The number of nitrogens with zero attached hydrogens (tertiary/aromatic N) is 3. The van der Waals surface area contributed by atoms with Gasteiger partial charge in [-0.3, -0.25) is 19.4 Å². The normalized spacial score (nSPS) is 28.3. The molecule has 0 aromatic heterocycles. The van der Waals surface area contributed by atoms with Crippen LogP contribution in [-0.2, 0) is 20.6 Å². The lowest BCUT2D eigenvalue weighted by Crippen LogP contribution is -2.52. The number of carboxylic acid groups (broad SMARTS) is 1. The van der Waals surface area contributed by atoms with E-state index in [1.807, 2.05) is 12.2 Å². The predicted octanol–water partition coefficient (Wildman–Crippen LogP) is 2.60. The molecular formula is C25H31N3O4S. The molecule has 8 heteroatoms. The summed E-state index contributed by atoms with van der Waals surface area (Å²) in [5.41, 5.74) is 4.83. The largest absolute Gasteiger partial charge is 0.481 e. The summed E-state index contributed by atoms with van der Waals surface area (Å²) < 4.78 is 14.5. The lowest BCUT2D eigenvalue weighted by Gasteiger charge is -2.50. The lowest BCUT2D eigenvalue weighted by molar-refractivity contribution is -0.149. The molecule has 2 unspecified atom stereocenters. The van der Waals surface area contributed by atoms with Crippen LogP contribution in [-0.4, -0.2) is 74.3 Å². The molecule has 1 spiro atoms. The summed E-state index contributed by atoms with van der Waals surface area (Å²) in [5, 5.41) is 9.60. The minimum absolute atomic E-state index is 0.0734. The van der Waals surface area contributed by atoms with Crippen LogP contribution in [0.5, 0.6) is 0 Å². The minimum atomic E-state index is -1.06. The van der Waals surface area contributed by atoms with Gasteiger partial charge in [0.2, 0.25) is 5.91 Å². The number of hydrogen-bond acceptors (Lipinski definition) is 4.